The molecule has 1 aliphatic heterocycles. The van der Waals surface area contributed by atoms with E-state index in [-0.39, 0.29) is 31.0 Å². The first kappa shape index (κ1) is 14.3. The fourth-order valence-electron chi connectivity index (χ4n) is 2.28. The van der Waals surface area contributed by atoms with E-state index in [0.717, 1.165) is 0 Å². The Labute approximate surface area is 115 Å². The third-order valence-electron chi connectivity index (χ3n) is 3.12. The number of ether oxygens (including phenoxy) is 1. The summed E-state index contributed by atoms with van der Waals surface area (Å²) in [7, 11) is 0. The second kappa shape index (κ2) is 5.87. The molecular weight excluding hydrogens is 264 g/mol. The topological polar surface area (TPSA) is 100.0 Å². The first-order valence-corrected chi connectivity index (χ1v) is 6.34. The lowest BCUT2D eigenvalue weighted by molar-refractivity contribution is -0.138. The summed E-state index contributed by atoms with van der Waals surface area (Å²) < 4.78 is 4.94. The molecule has 1 saturated heterocycles. The van der Waals surface area contributed by atoms with Crippen molar-refractivity contribution in [3.05, 3.63) is 23.9 Å². The average Bonchev–Trinajstić information content (AvgIpc) is 2.81. The molecule has 1 aromatic rings. The monoisotopic (exact) mass is 280 g/mol. The highest BCUT2D eigenvalue weighted by atomic mass is 16.5. The molecular formula is C13H16N2O5. The number of hydrogen-bond acceptors (Lipinski definition) is 6. The third-order valence-corrected chi connectivity index (χ3v) is 3.12. The van der Waals surface area contributed by atoms with Gasteiger partial charge in [-0.05, 0) is 19.1 Å². The van der Waals surface area contributed by atoms with Crippen molar-refractivity contribution < 1.29 is 24.5 Å². The Morgan fingerprint density at radius 3 is 2.95 bits per heavy atom. The van der Waals surface area contributed by atoms with Crippen LogP contribution in [-0.4, -0.2) is 52.4 Å². The summed E-state index contributed by atoms with van der Waals surface area (Å²) in [5.74, 6) is -1.38. The number of carboxylic acid groups (broad SMARTS) is 1. The fraction of sp³-hybridized carbons (Fsp3) is 0.462. The zero-order valence-electron chi connectivity index (χ0n) is 11.0. The number of aromatic nitrogens is 1. The maximum atomic E-state index is 11.9. The van der Waals surface area contributed by atoms with Crippen LogP contribution >= 0.6 is 0 Å². The number of carbonyl (C=O) groups is 2. The predicted octanol–water partition coefficient (Wildman–Crippen LogP) is 0.282. The molecule has 1 fully saturated rings. The van der Waals surface area contributed by atoms with Crippen LogP contribution in [0.3, 0.4) is 0 Å². The Hall–Kier alpha value is -2.15. The van der Waals surface area contributed by atoms with Gasteiger partial charge in [0.15, 0.2) is 0 Å². The Morgan fingerprint density at radius 2 is 2.30 bits per heavy atom. The molecule has 0 aromatic carbocycles. The average molecular weight is 280 g/mol. The van der Waals surface area contributed by atoms with Gasteiger partial charge in [-0.15, -0.1) is 0 Å². The molecule has 0 amide bonds. The number of hydrogen-bond donors (Lipinski definition) is 2. The predicted molar refractivity (Wildman–Crippen MR) is 69.6 cm³/mol. The summed E-state index contributed by atoms with van der Waals surface area (Å²) >= 11 is 0. The summed E-state index contributed by atoms with van der Waals surface area (Å²) in [5.41, 5.74) is 0.203. The number of esters is 1. The molecule has 0 bridgehead atoms. The molecule has 0 aliphatic carbocycles. The number of β-amino-alcohol motifs (C(OH)–C–C–N with tert-alkyl or cyclic N) is 1. The van der Waals surface area contributed by atoms with Gasteiger partial charge < -0.3 is 19.8 Å². The van der Waals surface area contributed by atoms with Crippen LogP contribution < -0.4 is 4.90 Å². The summed E-state index contributed by atoms with van der Waals surface area (Å²) in [4.78, 5) is 28.6. The molecule has 2 heterocycles. The van der Waals surface area contributed by atoms with Crippen molar-refractivity contribution in [1.29, 1.82) is 0 Å². The highest BCUT2D eigenvalue weighted by Crippen LogP contribution is 2.27. The number of pyridine rings is 1. The van der Waals surface area contributed by atoms with Gasteiger partial charge in [0.1, 0.15) is 17.4 Å². The standard InChI is InChI=1S/C13H16N2O5/c1-2-20-13(19)9-4-3-5-14-11(9)15-7-8(16)6-10(15)12(17)18/h3-5,8,10,16H,2,6-7H2,1H3,(H,17,18). The van der Waals surface area contributed by atoms with Crippen molar-refractivity contribution in [2.24, 2.45) is 0 Å². The molecule has 7 nitrogen and oxygen atoms in total. The first-order valence-electron chi connectivity index (χ1n) is 6.34. The summed E-state index contributed by atoms with van der Waals surface area (Å²) in [6.45, 7) is 2.03. The van der Waals surface area contributed by atoms with Crippen LogP contribution in [0.1, 0.15) is 23.7 Å². The lowest BCUT2D eigenvalue weighted by Crippen LogP contribution is -2.37. The van der Waals surface area contributed by atoms with E-state index in [9.17, 15) is 19.8 Å². The molecule has 0 saturated carbocycles. The van der Waals surface area contributed by atoms with Crippen LogP contribution in [0.25, 0.3) is 0 Å². The quantitative estimate of drug-likeness (QED) is 0.764. The van der Waals surface area contributed by atoms with Crippen LogP contribution in [0.5, 0.6) is 0 Å². The minimum atomic E-state index is -1.05. The first-order chi connectivity index (χ1) is 9.54. The largest absolute Gasteiger partial charge is 0.480 e. The number of aliphatic carboxylic acids is 1. The van der Waals surface area contributed by atoms with Gasteiger partial charge in [0.2, 0.25) is 0 Å². The maximum Gasteiger partial charge on any atom is 0.341 e. The summed E-state index contributed by atoms with van der Waals surface area (Å²) in [6, 6.07) is 2.22. The number of aliphatic hydroxyl groups is 1. The molecule has 20 heavy (non-hydrogen) atoms. The van der Waals surface area contributed by atoms with E-state index < -0.39 is 24.1 Å². The number of anilines is 1. The zero-order valence-corrected chi connectivity index (χ0v) is 11.0. The van der Waals surface area contributed by atoms with E-state index in [1.165, 1.54) is 17.2 Å². The molecule has 0 spiro atoms. The second-order valence-corrected chi connectivity index (χ2v) is 4.49. The van der Waals surface area contributed by atoms with Crippen molar-refractivity contribution in [1.82, 2.24) is 4.98 Å². The number of nitrogens with zero attached hydrogens (tertiary/aromatic N) is 2. The van der Waals surface area contributed by atoms with Crippen LogP contribution in [0.4, 0.5) is 5.82 Å². The van der Waals surface area contributed by atoms with Gasteiger partial charge in [0.05, 0.1) is 12.7 Å². The molecule has 0 radical (unpaired) electrons. The highest BCUT2D eigenvalue weighted by molar-refractivity contribution is 5.95. The van der Waals surface area contributed by atoms with E-state index in [2.05, 4.69) is 4.98 Å². The molecule has 1 aliphatic rings. The molecule has 1 aromatic heterocycles. The SMILES string of the molecule is CCOC(=O)c1cccnc1N1CC(O)CC1C(=O)O. The molecule has 2 rings (SSSR count). The molecule has 108 valence electrons. The lowest BCUT2D eigenvalue weighted by Gasteiger charge is -2.23. The van der Waals surface area contributed by atoms with E-state index in [1.54, 1.807) is 13.0 Å². The highest BCUT2D eigenvalue weighted by Gasteiger charge is 2.38. The third kappa shape index (κ3) is 2.72. The normalized spacial score (nSPS) is 21.8. The van der Waals surface area contributed by atoms with Crippen LogP contribution in [0.15, 0.2) is 18.3 Å². The van der Waals surface area contributed by atoms with Crippen LogP contribution in [-0.2, 0) is 9.53 Å². The zero-order chi connectivity index (χ0) is 14.7. The van der Waals surface area contributed by atoms with E-state index in [4.69, 9.17) is 4.74 Å². The van der Waals surface area contributed by atoms with E-state index >= 15 is 0 Å². The van der Waals surface area contributed by atoms with Crippen LogP contribution in [0, 0.1) is 0 Å². The van der Waals surface area contributed by atoms with Gasteiger partial charge in [0, 0.05) is 19.2 Å². The number of carbonyl (C=O) groups excluding carboxylic acids is 1. The molecule has 2 N–H and O–H groups in total. The van der Waals surface area contributed by atoms with Gasteiger partial charge in [-0.3, -0.25) is 0 Å². The van der Waals surface area contributed by atoms with Crippen molar-refractivity contribution in [3.8, 4) is 0 Å². The molecule has 2 atom stereocenters. The number of rotatable bonds is 4. The van der Waals surface area contributed by atoms with Crippen LogP contribution in [0.2, 0.25) is 0 Å². The van der Waals surface area contributed by atoms with E-state index in [1.807, 2.05) is 0 Å². The van der Waals surface area contributed by atoms with E-state index in [0.29, 0.717) is 0 Å². The van der Waals surface area contributed by atoms with Gasteiger partial charge in [-0.1, -0.05) is 0 Å². The maximum absolute atomic E-state index is 11.9. The van der Waals surface area contributed by atoms with Crippen molar-refractivity contribution in [2.45, 2.75) is 25.5 Å². The Balaban J connectivity index is 2.36. The minimum absolute atomic E-state index is 0.105. The van der Waals surface area contributed by atoms with Crippen molar-refractivity contribution in [2.75, 3.05) is 18.1 Å². The smallest absolute Gasteiger partial charge is 0.341 e. The Kier molecular flexibility index (Phi) is 4.19. The Morgan fingerprint density at radius 1 is 1.55 bits per heavy atom. The van der Waals surface area contributed by atoms with Crippen molar-refractivity contribution in [3.63, 3.8) is 0 Å². The number of aliphatic hydroxyl groups excluding tert-OH is 1. The van der Waals surface area contributed by atoms with Crippen molar-refractivity contribution >= 4 is 17.8 Å². The Bertz CT molecular complexity index is 519. The van der Waals surface area contributed by atoms with Gasteiger partial charge in [-0.25, -0.2) is 14.6 Å². The second-order valence-electron chi connectivity index (χ2n) is 4.49. The number of carboxylic acids is 1. The summed E-state index contributed by atoms with van der Waals surface area (Å²) in [6.07, 6.45) is 0.823. The molecule has 7 heteroatoms. The minimum Gasteiger partial charge on any atom is -0.480 e. The van der Waals surface area contributed by atoms with Gasteiger partial charge in [0.25, 0.3) is 0 Å². The lowest BCUT2D eigenvalue weighted by atomic mass is 10.2. The molecule has 2 unspecified atom stereocenters. The van der Waals surface area contributed by atoms with Gasteiger partial charge >= 0.3 is 11.9 Å². The summed E-state index contributed by atoms with van der Waals surface area (Å²) in [5, 5.41) is 18.9. The fourth-order valence-corrected chi connectivity index (χ4v) is 2.28. The van der Waals surface area contributed by atoms with Gasteiger partial charge in [-0.2, -0.15) is 0 Å².